The zero-order valence-electron chi connectivity index (χ0n) is 15.3. The summed E-state index contributed by atoms with van der Waals surface area (Å²) in [7, 11) is 0. The van der Waals surface area contributed by atoms with E-state index in [1.165, 1.54) is 4.90 Å². The highest BCUT2D eigenvalue weighted by Gasteiger charge is 2.48. The van der Waals surface area contributed by atoms with Gasteiger partial charge in [0.25, 0.3) is 5.78 Å². The normalized spacial score (nSPS) is 18.3. The van der Waals surface area contributed by atoms with Gasteiger partial charge >= 0.3 is 5.91 Å². The molecular weight excluding hydrogens is 469 g/mol. The summed E-state index contributed by atoms with van der Waals surface area (Å²) in [6, 6.07) is 10.1. The van der Waals surface area contributed by atoms with E-state index in [1.807, 2.05) is 0 Å². The molecule has 2 heterocycles. The van der Waals surface area contributed by atoms with Crippen LogP contribution in [0.4, 0.5) is 5.13 Å². The van der Waals surface area contributed by atoms with Crippen LogP contribution in [0.1, 0.15) is 22.2 Å². The highest BCUT2D eigenvalue weighted by Crippen LogP contribution is 2.44. The molecule has 1 aliphatic rings. The maximum atomic E-state index is 13.0. The number of halogens is 3. The highest BCUT2D eigenvalue weighted by atomic mass is 35.5. The van der Waals surface area contributed by atoms with Crippen molar-refractivity contribution >= 4 is 68.7 Å². The number of nitrogens with zero attached hydrogens (tertiary/aromatic N) is 3. The zero-order valence-corrected chi connectivity index (χ0v) is 18.4. The number of aliphatic hydroxyl groups excluding tert-OH is 1. The maximum Gasteiger partial charge on any atom is 0.301 e. The van der Waals surface area contributed by atoms with Gasteiger partial charge in [-0.25, -0.2) is 0 Å². The highest BCUT2D eigenvalue weighted by molar-refractivity contribution is 7.15. The number of aliphatic hydroxyl groups is 1. The van der Waals surface area contributed by atoms with Gasteiger partial charge in [-0.15, -0.1) is 10.2 Å². The van der Waals surface area contributed by atoms with Gasteiger partial charge in [-0.2, -0.15) is 0 Å². The van der Waals surface area contributed by atoms with Crippen molar-refractivity contribution < 1.29 is 14.7 Å². The number of carbonyl (C=O) groups is 2. The molecular formula is C20H12Cl3N3O3S. The summed E-state index contributed by atoms with van der Waals surface area (Å²) in [4.78, 5) is 27.1. The van der Waals surface area contributed by atoms with Crippen LogP contribution in [0.5, 0.6) is 0 Å². The Kier molecular flexibility index (Phi) is 5.55. The lowest BCUT2D eigenvalue weighted by molar-refractivity contribution is -0.132. The van der Waals surface area contributed by atoms with Gasteiger partial charge in [0.05, 0.1) is 21.7 Å². The number of carbonyl (C=O) groups excluding carboxylic acids is 2. The molecule has 2 aromatic carbocycles. The molecule has 1 fully saturated rings. The van der Waals surface area contributed by atoms with Gasteiger partial charge in [-0.05, 0) is 48.9 Å². The Morgan fingerprint density at radius 1 is 1.03 bits per heavy atom. The molecule has 1 N–H and O–H groups in total. The first-order valence-corrected chi connectivity index (χ1v) is 10.5. The summed E-state index contributed by atoms with van der Waals surface area (Å²) < 4.78 is 0. The Balaban J connectivity index is 1.96. The number of hydrogen-bond acceptors (Lipinski definition) is 6. The van der Waals surface area contributed by atoms with E-state index in [9.17, 15) is 14.7 Å². The van der Waals surface area contributed by atoms with Crippen molar-refractivity contribution in [2.75, 3.05) is 4.90 Å². The van der Waals surface area contributed by atoms with Gasteiger partial charge in [0.2, 0.25) is 5.13 Å². The second-order valence-corrected chi connectivity index (χ2v) is 8.86. The van der Waals surface area contributed by atoms with Gasteiger partial charge in [0.15, 0.2) is 0 Å². The number of benzene rings is 2. The van der Waals surface area contributed by atoms with Gasteiger partial charge in [0, 0.05) is 10.6 Å². The van der Waals surface area contributed by atoms with E-state index >= 15 is 0 Å². The second kappa shape index (κ2) is 8.00. The fraction of sp³-hybridized carbons (Fsp3) is 0.100. The number of rotatable bonds is 3. The van der Waals surface area contributed by atoms with Gasteiger partial charge in [-0.3, -0.25) is 14.5 Å². The molecule has 0 spiro atoms. The number of aryl methyl sites for hydroxylation is 1. The van der Waals surface area contributed by atoms with E-state index in [2.05, 4.69) is 10.2 Å². The standard InChI is InChI=1S/C20H12Cl3N3O3S/c1-9-24-25-20(30-9)26-16(11-4-7-13(22)14(23)8-11)15(18(28)19(26)29)17(27)10-2-5-12(21)6-3-10/h2-8,16,27H,1H3/b17-15+. The number of Topliss-reactive ketones (excluding diaryl/α,β-unsaturated/α-hetero) is 1. The van der Waals surface area contributed by atoms with Crippen molar-refractivity contribution in [2.24, 2.45) is 0 Å². The van der Waals surface area contributed by atoms with Gasteiger partial charge < -0.3 is 5.11 Å². The van der Waals surface area contributed by atoms with Crippen LogP contribution in [-0.4, -0.2) is 27.0 Å². The Hall–Kier alpha value is -2.45. The number of anilines is 1. The first-order chi connectivity index (χ1) is 14.3. The molecule has 4 rings (SSSR count). The molecule has 1 atom stereocenters. The summed E-state index contributed by atoms with van der Waals surface area (Å²) in [6.45, 7) is 1.74. The van der Waals surface area contributed by atoms with Gasteiger partial charge in [0.1, 0.15) is 10.8 Å². The lowest BCUT2D eigenvalue weighted by Gasteiger charge is -2.22. The predicted molar refractivity (Wildman–Crippen MR) is 117 cm³/mol. The monoisotopic (exact) mass is 479 g/mol. The molecule has 0 saturated carbocycles. The number of hydrogen-bond donors (Lipinski definition) is 1. The molecule has 0 radical (unpaired) electrons. The van der Waals surface area contributed by atoms with E-state index < -0.39 is 17.7 Å². The van der Waals surface area contributed by atoms with E-state index in [1.54, 1.807) is 49.4 Å². The van der Waals surface area contributed by atoms with Crippen LogP contribution in [-0.2, 0) is 9.59 Å². The van der Waals surface area contributed by atoms with Crippen molar-refractivity contribution in [2.45, 2.75) is 13.0 Å². The quantitative estimate of drug-likeness (QED) is 0.307. The van der Waals surface area contributed by atoms with Crippen LogP contribution in [0.3, 0.4) is 0 Å². The smallest absolute Gasteiger partial charge is 0.301 e. The topological polar surface area (TPSA) is 83.4 Å². The molecule has 0 bridgehead atoms. The fourth-order valence-corrected chi connectivity index (χ4v) is 4.32. The average molecular weight is 481 g/mol. The predicted octanol–water partition coefficient (Wildman–Crippen LogP) is 5.43. The molecule has 3 aromatic rings. The molecule has 0 aliphatic carbocycles. The first-order valence-electron chi connectivity index (χ1n) is 8.60. The molecule has 6 nitrogen and oxygen atoms in total. The van der Waals surface area contributed by atoms with Crippen molar-refractivity contribution in [3.63, 3.8) is 0 Å². The Labute approximate surface area is 190 Å². The number of ketones is 1. The number of aromatic nitrogens is 2. The fourth-order valence-electron chi connectivity index (χ4n) is 3.17. The molecule has 1 unspecified atom stereocenters. The summed E-state index contributed by atoms with van der Waals surface area (Å²) in [6.07, 6.45) is 0. The van der Waals surface area contributed by atoms with Crippen LogP contribution in [0.15, 0.2) is 48.0 Å². The molecule has 1 amide bonds. The summed E-state index contributed by atoms with van der Waals surface area (Å²) >= 11 is 19.3. The van der Waals surface area contributed by atoms with E-state index in [-0.39, 0.29) is 21.5 Å². The SMILES string of the molecule is Cc1nnc(N2C(=O)C(=O)/C(=C(/O)c3ccc(Cl)cc3)C2c2ccc(Cl)c(Cl)c2)s1. The molecule has 30 heavy (non-hydrogen) atoms. The Morgan fingerprint density at radius 2 is 1.73 bits per heavy atom. The summed E-state index contributed by atoms with van der Waals surface area (Å²) in [5, 5.41) is 20.8. The van der Waals surface area contributed by atoms with E-state index in [0.29, 0.717) is 26.2 Å². The third-order valence-electron chi connectivity index (χ3n) is 4.54. The molecule has 1 saturated heterocycles. The minimum atomic E-state index is -0.956. The van der Waals surface area contributed by atoms with Crippen LogP contribution in [0, 0.1) is 6.92 Å². The second-order valence-electron chi connectivity index (χ2n) is 6.45. The lowest BCUT2D eigenvalue weighted by atomic mass is 9.95. The largest absolute Gasteiger partial charge is 0.507 e. The first kappa shape index (κ1) is 20.8. The van der Waals surface area contributed by atoms with E-state index in [0.717, 1.165) is 11.3 Å². The van der Waals surface area contributed by atoms with Crippen LogP contribution >= 0.6 is 46.1 Å². The minimum absolute atomic E-state index is 0.0893. The van der Waals surface area contributed by atoms with Crippen molar-refractivity contribution in [3.8, 4) is 0 Å². The lowest BCUT2D eigenvalue weighted by Crippen LogP contribution is -2.29. The molecule has 1 aliphatic heterocycles. The molecule has 1 aromatic heterocycles. The van der Waals surface area contributed by atoms with Crippen LogP contribution in [0.2, 0.25) is 15.1 Å². The Morgan fingerprint density at radius 3 is 2.33 bits per heavy atom. The minimum Gasteiger partial charge on any atom is -0.507 e. The molecule has 152 valence electrons. The maximum absolute atomic E-state index is 13.0. The summed E-state index contributed by atoms with van der Waals surface area (Å²) in [5.74, 6) is -1.99. The van der Waals surface area contributed by atoms with Crippen molar-refractivity contribution in [3.05, 3.63) is 79.2 Å². The van der Waals surface area contributed by atoms with Crippen molar-refractivity contribution in [1.29, 1.82) is 0 Å². The Bertz CT molecular complexity index is 1210. The third kappa shape index (κ3) is 3.58. The third-order valence-corrected chi connectivity index (χ3v) is 6.37. The van der Waals surface area contributed by atoms with Crippen LogP contribution in [0.25, 0.3) is 5.76 Å². The van der Waals surface area contributed by atoms with E-state index in [4.69, 9.17) is 34.8 Å². The zero-order chi connectivity index (χ0) is 21.6. The van der Waals surface area contributed by atoms with Crippen molar-refractivity contribution in [1.82, 2.24) is 10.2 Å². The summed E-state index contributed by atoms with van der Waals surface area (Å²) in [5.41, 5.74) is 0.747. The molecule has 10 heteroatoms. The van der Waals surface area contributed by atoms with Gasteiger partial charge in [-0.1, -0.05) is 52.2 Å². The number of amides is 1. The average Bonchev–Trinajstić information content (AvgIpc) is 3.25. The van der Waals surface area contributed by atoms with Crippen LogP contribution < -0.4 is 4.90 Å².